The summed E-state index contributed by atoms with van der Waals surface area (Å²) in [6.45, 7) is 0.408. The number of rotatable bonds is 27. The van der Waals surface area contributed by atoms with E-state index in [0.717, 1.165) is 0 Å². The highest BCUT2D eigenvalue weighted by Gasteiger charge is 2.32. The minimum absolute atomic E-state index is 0.0587. The zero-order valence-corrected chi connectivity index (χ0v) is 28.6. The molecule has 0 saturated carbocycles. The van der Waals surface area contributed by atoms with Gasteiger partial charge < -0.3 is 75.5 Å². The van der Waals surface area contributed by atoms with Gasteiger partial charge in [-0.25, -0.2) is 4.79 Å². The summed E-state index contributed by atoms with van der Waals surface area (Å²) in [7, 11) is 0. The maximum absolute atomic E-state index is 13.5. The molecule has 0 rings (SSSR count). The van der Waals surface area contributed by atoms with Gasteiger partial charge in [0.15, 0.2) is 17.9 Å². The van der Waals surface area contributed by atoms with Crippen molar-refractivity contribution in [3.8, 4) is 0 Å². The van der Waals surface area contributed by atoms with Gasteiger partial charge in [-0.1, -0.05) is 0 Å². The van der Waals surface area contributed by atoms with Crippen LogP contribution in [0.3, 0.4) is 0 Å². The molecule has 5 atom stereocenters. The summed E-state index contributed by atoms with van der Waals surface area (Å²) in [5.74, 6) is -8.91. The minimum atomic E-state index is -1.59. The second-order valence-electron chi connectivity index (χ2n) is 11.5. The molecule has 0 spiro atoms. The van der Waals surface area contributed by atoms with E-state index in [-0.39, 0.29) is 69.6 Å². The average Bonchev–Trinajstić information content (AvgIpc) is 3.04. The first-order chi connectivity index (χ1) is 24.3. The van der Waals surface area contributed by atoms with Crippen LogP contribution in [0.4, 0.5) is 0 Å². The lowest BCUT2D eigenvalue weighted by atomic mass is 10.0. The fraction of sp³-hybridized carbons (Fsp3) is 0.643. The lowest BCUT2D eigenvalue weighted by molar-refractivity contribution is -0.143. The molecule has 0 fully saturated rings. The van der Waals surface area contributed by atoms with Crippen molar-refractivity contribution in [2.45, 2.75) is 94.4 Å². The number of carboxylic acids is 3. The van der Waals surface area contributed by atoms with Crippen LogP contribution in [0.5, 0.6) is 0 Å². The van der Waals surface area contributed by atoms with Crippen molar-refractivity contribution >= 4 is 59.4 Å². The topological polar surface area (TPSA) is 440 Å². The Morgan fingerprint density at radius 1 is 0.481 bits per heavy atom. The van der Waals surface area contributed by atoms with E-state index in [9.17, 15) is 48.9 Å². The van der Waals surface area contributed by atoms with Crippen LogP contribution in [0.1, 0.15) is 64.2 Å². The Kier molecular flexibility index (Phi) is 22.2. The molecule has 0 heterocycles. The largest absolute Gasteiger partial charge is 0.481 e. The Labute approximate surface area is 298 Å². The van der Waals surface area contributed by atoms with E-state index in [2.05, 4.69) is 37.2 Å². The van der Waals surface area contributed by atoms with Crippen molar-refractivity contribution in [3.63, 3.8) is 0 Å². The van der Waals surface area contributed by atoms with Gasteiger partial charge in [0, 0.05) is 32.5 Å². The minimum Gasteiger partial charge on any atom is -0.481 e. The maximum atomic E-state index is 13.5. The molecule has 4 amide bonds. The monoisotopic (exact) mass is 744 g/mol. The van der Waals surface area contributed by atoms with E-state index in [1.54, 1.807) is 0 Å². The Hall–Kier alpha value is -5.94. The number of hydrogen-bond donors (Lipinski definition) is 17. The van der Waals surface area contributed by atoms with Gasteiger partial charge in [0.25, 0.3) is 0 Å². The lowest BCUT2D eigenvalue weighted by Crippen LogP contribution is -2.58. The second-order valence-corrected chi connectivity index (χ2v) is 11.5. The zero-order valence-electron chi connectivity index (χ0n) is 28.6. The van der Waals surface area contributed by atoms with Crippen LogP contribution in [0.2, 0.25) is 0 Å². The number of guanidine groups is 3. The van der Waals surface area contributed by atoms with Gasteiger partial charge in [-0.2, -0.15) is 0 Å². The molecule has 0 unspecified atom stereocenters. The van der Waals surface area contributed by atoms with E-state index in [1.807, 2.05) is 0 Å². The number of carbonyl (C=O) groups excluding carboxylic acids is 4. The number of nitrogens with one attached hydrogen (secondary N) is 10. The Balaban J connectivity index is 6.08. The molecule has 0 saturated heterocycles. The molecule has 0 aromatic heterocycles. The standard InChI is InChI=1S/C28H52N14O10/c29-14(4-1-11-36-26(30)31)21(47)39-16(7-9-19(43)44)23(49)40-15(5-2-12-37-27(32)33)22(48)41-17(8-10-20(45)46)24(50)42-18(25(51)52)6-3-13-38-28(34)35/h14-18H,1-13,29H2,(H,39,47)(H,40,49)(H,41,48)(H,42,50)(H,43,44)(H,45,46)(H,51,52)(H4,30,31,36)(H4,32,33,37)(H4,34,35,38)/t14-,15-,16-,17-,18-/m0/s1. The second kappa shape index (κ2) is 25.1. The summed E-state index contributed by atoms with van der Waals surface area (Å²) >= 11 is 0. The highest BCUT2D eigenvalue weighted by atomic mass is 16.4. The summed E-state index contributed by atoms with van der Waals surface area (Å²) in [6.07, 6.45) is -1.67. The predicted octanol–water partition coefficient (Wildman–Crippen LogP) is -5.14. The molecule has 0 bridgehead atoms. The van der Waals surface area contributed by atoms with Gasteiger partial charge >= 0.3 is 17.9 Å². The van der Waals surface area contributed by atoms with E-state index in [1.165, 1.54) is 0 Å². The first-order valence-corrected chi connectivity index (χ1v) is 16.2. The maximum Gasteiger partial charge on any atom is 0.326 e. The molecule has 24 nitrogen and oxygen atoms in total. The van der Waals surface area contributed by atoms with Crippen LogP contribution < -0.4 is 60.2 Å². The molecule has 294 valence electrons. The summed E-state index contributed by atoms with van der Waals surface area (Å²) in [5.41, 5.74) is 21.6. The molecular weight excluding hydrogens is 692 g/mol. The SMILES string of the molecule is N=C(N)NCCC[C@H](NC(=O)[C@H](CCC(=O)O)NC(=O)[C@H](CCCNC(=N)N)NC(=O)[C@H](CCC(=O)O)NC(=O)[C@@H](N)CCCNC(=N)N)C(=O)O. The third kappa shape index (κ3) is 21.9. The molecule has 0 aromatic rings. The summed E-state index contributed by atoms with van der Waals surface area (Å²) in [5, 5.41) is 66.6. The first-order valence-electron chi connectivity index (χ1n) is 16.2. The van der Waals surface area contributed by atoms with Gasteiger partial charge in [0.2, 0.25) is 23.6 Å². The Morgan fingerprint density at radius 2 is 0.788 bits per heavy atom. The summed E-state index contributed by atoms with van der Waals surface area (Å²) < 4.78 is 0. The van der Waals surface area contributed by atoms with Crippen LogP contribution >= 0.6 is 0 Å². The van der Waals surface area contributed by atoms with Crippen molar-refractivity contribution < 1.29 is 48.9 Å². The van der Waals surface area contributed by atoms with Crippen LogP contribution in [0.25, 0.3) is 0 Å². The van der Waals surface area contributed by atoms with Crippen LogP contribution in [0, 0.1) is 16.2 Å². The molecular formula is C28H52N14O10. The van der Waals surface area contributed by atoms with Gasteiger partial charge in [0.05, 0.1) is 6.04 Å². The van der Waals surface area contributed by atoms with Gasteiger partial charge in [-0.05, 0) is 51.4 Å². The summed E-state index contributed by atoms with van der Waals surface area (Å²) in [4.78, 5) is 87.4. The third-order valence-corrected chi connectivity index (χ3v) is 7.12. The van der Waals surface area contributed by atoms with Crippen LogP contribution in [-0.4, -0.2) is 125 Å². The van der Waals surface area contributed by atoms with E-state index in [0.29, 0.717) is 6.42 Å². The molecule has 52 heavy (non-hydrogen) atoms. The van der Waals surface area contributed by atoms with Crippen molar-refractivity contribution in [2.75, 3.05) is 19.6 Å². The highest BCUT2D eigenvalue weighted by Crippen LogP contribution is 2.07. The van der Waals surface area contributed by atoms with E-state index in [4.69, 9.17) is 39.2 Å². The quantitative estimate of drug-likeness (QED) is 0.0212. The third-order valence-electron chi connectivity index (χ3n) is 7.12. The Bertz CT molecular complexity index is 1280. The number of hydrogen-bond acceptors (Lipinski definition) is 11. The molecule has 0 aliphatic carbocycles. The molecule has 0 aromatic carbocycles. The van der Waals surface area contributed by atoms with Gasteiger partial charge in [-0.3, -0.25) is 45.0 Å². The number of amides is 4. The smallest absolute Gasteiger partial charge is 0.326 e. The number of carboxylic acid groups (broad SMARTS) is 3. The molecule has 0 radical (unpaired) electrons. The molecule has 24 heteroatoms. The molecule has 0 aliphatic heterocycles. The van der Waals surface area contributed by atoms with E-state index >= 15 is 0 Å². The first kappa shape index (κ1) is 46.1. The van der Waals surface area contributed by atoms with Crippen molar-refractivity contribution in [3.05, 3.63) is 0 Å². The van der Waals surface area contributed by atoms with Gasteiger partial charge in [0.1, 0.15) is 24.2 Å². The Morgan fingerprint density at radius 3 is 1.13 bits per heavy atom. The van der Waals surface area contributed by atoms with Crippen molar-refractivity contribution in [1.29, 1.82) is 16.2 Å². The number of carbonyl (C=O) groups is 7. The normalized spacial score (nSPS) is 13.4. The highest BCUT2D eigenvalue weighted by molar-refractivity contribution is 5.95. The van der Waals surface area contributed by atoms with Crippen molar-refractivity contribution in [2.24, 2.45) is 22.9 Å². The van der Waals surface area contributed by atoms with Crippen LogP contribution in [-0.2, 0) is 33.6 Å². The molecule has 0 aliphatic rings. The van der Waals surface area contributed by atoms with Crippen molar-refractivity contribution in [1.82, 2.24) is 37.2 Å². The van der Waals surface area contributed by atoms with Gasteiger partial charge in [-0.15, -0.1) is 0 Å². The lowest BCUT2D eigenvalue weighted by Gasteiger charge is -2.26. The number of aliphatic carboxylic acids is 3. The fourth-order valence-electron chi connectivity index (χ4n) is 4.43. The fourth-order valence-corrected chi connectivity index (χ4v) is 4.43. The number of nitrogens with two attached hydrogens (primary N) is 4. The predicted molar refractivity (Wildman–Crippen MR) is 185 cm³/mol. The zero-order chi connectivity index (χ0) is 39.8. The van der Waals surface area contributed by atoms with Crippen LogP contribution in [0.15, 0.2) is 0 Å². The molecule has 21 N–H and O–H groups in total. The summed E-state index contributed by atoms with van der Waals surface area (Å²) in [6, 6.07) is -7.15. The van der Waals surface area contributed by atoms with E-state index < -0.39 is 97.4 Å². The average molecular weight is 745 g/mol.